The molecule has 0 saturated carbocycles. The van der Waals surface area contributed by atoms with E-state index < -0.39 is 0 Å². The number of carbonyl (C=O) groups excluding carboxylic acids is 1. The van der Waals surface area contributed by atoms with Gasteiger partial charge in [-0.25, -0.2) is 0 Å². The molecule has 0 radical (unpaired) electrons. The zero-order chi connectivity index (χ0) is 21.6. The second-order valence-corrected chi connectivity index (χ2v) is 7.48. The van der Waals surface area contributed by atoms with Gasteiger partial charge in [0.05, 0.1) is 18.0 Å². The van der Waals surface area contributed by atoms with E-state index in [1.165, 1.54) is 11.8 Å². The summed E-state index contributed by atoms with van der Waals surface area (Å²) in [7, 11) is 0. The number of nitrogens with zero attached hydrogens (tertiary/aromatic N) is 3. The molecule has 3 aromatic rings. The minimum atomic E-state index is -0.157. The first-order valence-corrected chi connectivity index (χ1v) is 10.8. The molecule has 4 rings (SSSR count). The first kappa shape index (κ1) is 20.8. The first-order chi connectivity index (χ1) is 15.2. The summed E-state index contributed by atoms with van der Waals surface area (Å²) in [5.74, 6) is 2.71. The number of hydrogen-bond acceptors (Lipinski definition) is 7. The SMILES string of the molecule is C=CCn1c(SCC(=O)Nc2ccccc2OCC)nnc1-c1ccc2c(c1)OCO2. The van der Waals surface area contributed by atoms with Gasteiger partial charge in [-0.2, -0.15) is 0 Å². The molecule has 2 aromatic carbocycles. The molecule has 1 aromatic heterocycles. The van der Waals surface area contributed by atoms with E-state index in [-0.39, 0.29) is 18.5 Å². The Labute approximate surface area is 184 Å². The highest BCUT2D eigenvalue weighted by Gasteiger charge is 2.19. The largest absolute Gasteiger partial charge is 0.492 e. The Bertz CT molecular complexity index is 1100. The first-order valence-electron chi connectivity index (χ1n) is 9.78. The summed E-state index contributed by atoms with van der Waals surface area (Å²) in [4.78, 5) is 12.5. The zero-order valence-corrected chi connectivity index (χ0v) is 17.9. The molecule has 160 valence electrons. The topological polar surface area (TPSA) is 87.5 Å². The van der Waals surface area contributed by atoms with E-state index in [0.717, 1.165) is 5.56 Å². The van der Waals surface area contributed by atoms with Crippen LogP contribution in [-0.2, 0) is 11.3 Å². The van der Waals surface area contributed by atoms with Crippen LogP contribution in [0, 0.1) is 0 Å². The summed E-state index contributed by atoms with van der Waals surface area (Å²) in [5.41, 5.74) is 1.49. The highest BCUT2D eigenvalue weighted by atomic mass is 32.2. The van der Waals surface area contributed by atoms with Crippen molar-refractivity contribution < 1.29 is 19.0 Å². The van der Waals surface area contributed by atoms with Crippen molar-refractivity contribution in [3.05, 3.63) is 55.1 Å². The molecule has 0 unspecified atom stereocenters. The number of benzene rings is 2. The number of amides is 1. The molecule has 0 aliphatic carbocycles. The summed E-state index contributed by atoms with van der Waals surface area (Å²) in [6.45, 7) is 6.97. The number of nitrogens with one attached hydrogen (secondary N) is 1. The molecule has 1 aliphatic rings. The maximum absolute atomic E-state index is 12.5. The van der Waals surface area contributed by atoms with E-state index in [1.807, 2.05) is 54.0 Å². The number of hydrogen-bond donors (Lipinski definition) is 1. The Kier molecular flexibility index (Phi) is 6.42. The quantitative estimate of drug-likeness (QED) is 0.399. The Morgan fingerprint density at radius 3 is 2.94 bits per heavy atom. The third-order valence-electron chi connectivity index (χ3n) is 4.45. The maximum Gasteiger partial charge on any atom is 0.234 e. The lowest BCUT2D eigenvalue weighted by Crippen LogP contribution is -2.15. The van der Waals surface area contributed by atoms with Crippen LogP contribution in [0.3, 0.4) is 0 Å². The summed E-state index contributed by atoms with van der Waals surface area (Å²) in [6, 6.07) is 13.0. The number of thioether (sulfide) groups is 1. The Morgan fingerprint density at radius 1 is 1.26 bits per heavy atom. The average molecular weight is 439 g/mol. The molecule has 1 aliphatic heterocycles. The smallest absolute Gasteiger partial charge is 0.234 e. The van der Waals surface area contributed by atoms with Gasteiger partial charge in [0.1, 0.15) is 5.75 Å². The molecule has 9 heteroatoms. The van der Waals surface area contributed by atoms with Crippen LogP contribution in [0.25, 0.3) is 11.4 Å². The molecular weight excluding hydrogens is 416 g/mol. The van der Waals surface area contributed by atoms with Crippen LogP contribution in [0.1, 0.15) is 6.92 Å². The number of anilines is 1. The summed E-state index contributed by atoms with van der Waals surface area (Å²) < 4.78 is 18.3. The third-order valence-corrected chi connectivity index (χ3v) is 5.42. The van der Waals surface area contributed by atoms with E-state index in [4.69, 9.17) is 14.2 Å². The Balaban J connectivity index is 1.48. The molecule has 1 N–H and O–H groups in total. The van der Waals surface area contributed by atoms with Gasteiger partial charge in [0, 0.05) is 12.1 Å². The number of ether oxygens (including phenoxy) is 3. The third kappa shape index (κ3) is 4.66. The summed E-state index contributed by atoms with van der Waals surface area (Å²) in [6.07, 6.45) is 1.77. The lowest BCUT2D eigenvalue weighted by atomic mass is 10.2. The number of aromatic nitrogens is 3. The second kappa shape index (κ2) is 9.57. The van der Waals surface area contributed by atoms with Crippen LogP contribution in [0.2, 0.25) is 0 Å². The van der Waals surface area contributed by atoms with Gasteiger partial charge in [0.15, 0.2) is 22.5 Å². The van der Waals surface area contributed by atoms with Crippen LogP contribution in [-0.4, -0.2) is 39.8 Å². The van der Waals surface area contributed by atoms with Crippen molar-refractivity contribution in [1.29, 1.82) is 0 Å². The van der Waals surface area contributed by atoms with Crippen molar-refractivity contribution in [3.63, 3.8) is 0 Å². The summed E-state index contributed by atoms with van der Waals surface area (Å²) >= 11 is 1.31. The minimum absolute atomic E-state index is 0.157. The van der Waals surface area contributed by atoms with Crippen molar-refractivity contribution in [3.8, 4) is 28.6 Å². The lowest BCUT2D eigenvalue weighted by Gasteiger charge is -2.11. The molecule has 31 heavy (non-hydrogen) atoms. The molecule has 1 amide bonds. The van der Waals surface area contributed by atoms with Crippen LogP contribution in [0.5, 0.6) is 17.2 Å². The van der Waals surface area contributed by atoms with Gasteiger partial charge in [-0.15, -0.1) is 16.8 Å². The second-order valence-electron chi connectivity index (χ2n) is 6.54. The molecule has 2 heterocycles. The van der Waals surface area contributed by atoms with E-state index in [2.05, 4.69) is 22.1 Å². The molecule has 0 atom stereocenters. The molecule has 0 saturated heterocycles. The van der Waals surface area contributed by atoms with E-state index in [1.54, 1.807) is 6.08 Å². The van der Waals surface area contributed by atoms with E-state index in [9.17, 15) is 4.79 Å². The van der Waals surface area contributed by atoms with Crippen LogP contribution < -0.4 is 19.5 Å². The molecule has 0 fully saturated rings. The van der Waals surface area contributed by atoms with Gasteiger partial charge < -0.3 is 19.5 Å². The Morgan fingerprint density at radius 2 is 2.10 bits per heavy atom. The monoisotopic (exact) mass is 438 g/mol. The normalized spacial score (nSPS) is 11.9. The van der Waals surface area contributed by atoms with E-state index in [0.29, 0.717) is 47.1 Å². The van der Waals surface area contributed by atoms with Crippen molar-refractivity contribution in [2.45, 2.75) is 18.6 Å². The minimum Gasteiger partial charge on any atom is -0.492 e. The van der Waals surface area contributed by atoms with Gasteiger partial charge in [0.25, 0.3) is 0 Å². The number of allylic oxidation sites excluding steroid dienone is 1. The van der Waals surface area contributed by atoms with Crippen LogP contribution in [0.4, 0.5) is 5.69 Å². The maximum atomic E-state index is 12.5. The molecule has 0 spiro atoms. The number of carbonyl (C=O) groups is 1. The molecule has 8 nitrogen and oxygen atoms in total. The average Bonchev–Trinajstić information content (AvgIpc) is 3.40. The van der Waals surface area contributed by atoms with Gasteiger partial charge in [0.2, 0.25) is 12.7 Å². The van der Waals surface area contributed by atoms with Crippen molar-refractivity contribution in [1.82, 2.24) is 14.8 Å². The number of rotatable bonds is 9. The van der Waals surface area contributed by atoms with Crippen LogP contribution in [0.15, 0.2) is 60.3 Å². The predicted octanol–water partition coefficient (Wildman–Crippen LogP) is 3.99. The number of para-hydroxylation sites is 2. The molecular formula is C22H22N4O4S. The van der Waals surface area contributed by atoms with Crippen molar-refractivity contribution >= 4 is 23.4 Å². The number of fused-ring (bicyclic) bond motifs is 1. The van der Waals surface area contributed by atoms with Gasteiger partial charge in [-0.3, -0.25) is 9.36 Å². The lowest BCUT2D eigenvalue weighted by molar-refractivity contribution is -0.113. The summed E-state index contributed by atoms with van der Waals surface area (Å²) in [5, 5.41) is 12.1. The fourth-order valence-electron chi connectivity index (χ4n) is 3.11. The van der Waals surface area contributed by atoms with Crippen molar-refractivity contribution in [2.24, 2.45) is 0 Å². The van der Waals surface area contributed by atoms with Crippen LogP contribution >= 0.6 is 11.8 Å². The van der Waals surface area contributed by atoms with Crippen molar-refractivity contribution in [2.75, 3.05) is 24.5 Å². The highest BCUT2D eigenvalue weighted by Crippen LogP contribution is 2.36. The Hall–Kier alpha value is -3.46. The van der Waals surface area contributed by atoms with Gasteiger partial charge in [-0.05, 0) is 37.3 Å². The highest BCUT2D eigenvalue weighted by molar-refractivity contribution is 7.99. The molecule has 0 bridgehead atoms. The standard InChI is InChI=1S/C22H22N4O4S/c1-3-11-26-21(15-9-10-18-19(12-15)30-14-29-18)24-25-22(26)31-13-20(27)23-16-7-5-6-8-17(16)28-4-2/h3,5-10,12H,1,4,11,13-14H2,2H3,(H,23,27). The van der Waals surface area contributed by atoms with E-state index >= 15 is 0 Å². The predicted molar refractivity (Wildman–Crippen MR) is 119 cm³/mol. The van der Waals surface area contributed by atoms with Gasteiger partial charge in [-0.1, -0.05) is 30.0 Å². The fourth-order valence-corrected chi connectivity index (χ4v) is 3.85. The van der Waals surface area contributed by atoms with Gasteiger partial charge >= 0.3 is 0 Å². The fraction of sp³-hybridized carbons (Fsp3) is 0.227. The zero-order valence-electron chi connectivity index (χ0n) is 17.0.